The SMILES string of the molecule is O=C(O)C1(C(=O)O)C=C(c2cccc(Cl)n2)N=C(Cl)C1. The van der Waals surface area contributed by atoms with Crippen LogP contribution in [0.4, 0.5) is 0 Å². The Kier molecular flexibility index (Phi) is 3.78. The first kappa shape index (κ1) is 14.5. The normalized spacial score (nSPS) is 17.1. The van der Waals surface area contributed by atoms with Gasteiger partial charge in [0, 0.05) is 6.42 Å². The van der Waals surface area contributed by atoms with Gasteiger partial charge >= 0.3 is 11.9 Å². The van der Waals surface area contributed by atoms with E-state index in [0.717, 1.165) is 6.08 Å². The quantitative estimate of drug-likeness (QED) is 0.658. The van der Waals surface area contributed by atoms with Crippen LogP contribution in [0.3, 0.4) is 0 Å². The Morgan fingerprint density at radius 3 is 2.40 bits per heavy atom. The summed E-state index contributed by atoms with van der Waals surface area (Å²) >= 11 is 11.5. The lowest BCUT2D eigenvalue weighted by molar-refractivity contribution is -0.160. The van der Waals surface area contributed by atoms with Crippen LogP contribution >= 0.6 is 23.2 Å². The molecule has 0 spiro atoms. The van der Waals surface area contributed by atoms with E-state index in [1.165, 1.54) is 12.1 Å². The summed E-state index contributed by atoms with van der Waals surface area (Å²) in [5.41, 5.74) is -1.84. The van der Waals surface area contributed by atoms with Gasteiger partial charge in [0.1, 0.15) is 10.3 Å². The topological polar surface area (TPSA) is 99.8 Å². The third-order valence-electron chi connectivity index (χ3n) is 2.79. The lowest BCUT2D eigenvalue weighted by atomic mass is 9.82. The summed E-state index contributed by atoms with van der Waals surface area (Å²) in [5.74, 6) is -3.03. The number of aromatic nitrogens is 1. The molecule has 104 valence electrons. The highest BCUT2D eigenvalue weighted by atomic mass is 35.5. The average molecular weight is 315 g/mol. The smallest absolute Gasteiger partial charge is 0.325 e. The van der Waals surface area contributed by atoms with Crippen LogP contribution in [0.2, 0.25) is 5.15 Å². The highest BCUT2D eigenvalue weighted by Crippen LogP contribution is 2.35. The van der Waals surface area contributed by atoms with E-state index in [-0.39, 0.29) is 21.7 Å². The second kappa shape index (κ2) is 5.22. The van der Waals surface area contributed by atoms with Gasteiger partial charge in [-0.1, -0.05) is 29.3 Å². The standard InChI is InChI=1S/C12H8Cl2N2O4/c13-8-3-1-2-6(15-8)7-4-12(10(17)18,11(19)20)5-9(14)16-7/h1-4H,5H2,(H,17,18)(H,19,20). The van der Waals surface area contributed by atoms with Crippen molar-refractivity contribution in [2.45, 2.75) is 6.42 Å². The van der Waals surface area contributed by atoms with Crippen molar-refractivity contribution >= 4 is 46.0 Å². The number of hydrogen-bond acceptors (Lipinski definition) is 4. The molecule has 6 nitrogen and oxygen atoms in total. The zero-order valence-electron chi connectivity index (χ0n) is 9.88. The molecular weight excluding hydrogens is 307 g/mol. The summed E-state index contributed by atoms with van der Waals surface area (Å²) in [7, 11) is 0. The molecule has 2 rings (SSSR count). The molecule has 0 saturated heterocycles. The monoisotopic (exact) mass is 314 g/mol. The van der Waals surface area contributed by atoms with Crippen molar-refractivity contribution in [2.24, 2.45) is 10.4 Å². The Morgan fingerprint density at radius 1 is 1.20 bits per heavy atom. The van der Waals surface area contributed by atoms with Crippen LogP contribution in [0, 0.1) is 5.41 Å². The molecule has 0 amide bonds. The van der Waals surface area contributed by atoms with Gasteiger partial charge in [-0.15, -0.1) is 0 Å². The Bertz CT molecular complexity index is 641. The molecule has 2 N–H and O–H groups in total. The van der Waals surface area contributed by atoms with Gasteiger partial charge < -0.3 is 10.2 Å². The number of carboxylic acids is 2. The third kappa shape index (κ3) is 2.52. The molecule has 0 aromatic carbocycles. The highest BCUT2D eigenvalue weighted by molar-refractivity contribution is 6.66. The zero-order valence-corrected chi connectivity index (χ0v) is 11.4. The number of hydrogen-bond donors (Lipinski definition) is 2. The molecule has 0 bridgehead atoms. The van der Waals surface area contributed by atoms with Crippen LogP contribution in [0.5, 0.6) is 0 Å². The van der Waals surface area contributed by atoms with Crippen molar-refractivity contribution in [1.82, 2.24) is 4.98 Å². The molecule has 2 heterocycles. The van der Waals surface area contributed by atoms with Gasteiger partial charge in [-0.05, 0) is 18.2 Å². The molecule has 1 aromatic rings. The van der Waals surface area contributed by atoms with Gasteiger partial charge in [-0.2, -0.15) is 0 Å². The number of aliphatic carboxylic acids is 2. The maximum Gasteiger partial charge on any atom is 0.325 e. The first-order chi connectivity index (χ1) is 9.35. The summed E-state index contributed by atoms with van der Waals surface area (Å²) in [6.45, 7) is 0. The van der Waals surface area contributed by atoms with Crippen LogP contribution in [-0.2, 0) is 9.59 Å². The van der Waals surface area contributed by atoms with E-state index >= 15 is 0 Å². The second-order valence-electron chi connectivity index (χ2n) is 4.12. The Morgan fingerprint density at radius 2 is 1.85 bits per heavy atom. The predicted molar refractivity (Wildman–Crippen MR) is 72.8 cm³/mol. The van der Waals surface area contributed by atoms with Crippen LogP contribution in [-0.4, -0.2) is 32.3 Å². The van der Waals surface area contributed by atoms with Crippen molar-refractivity contribution < 1.29 is 19.8 Å². The molecule has 1 aliphatic rings. The predicted octanol–water partition coefficient (Wildman–Crippen LogP) is 2.27. The summed E-state index contributed by atoms with van der Waals surface area (Å²) in [6, 6.07) is 4.65. The number of carboxylic acid groups (broad SMARTS) is 2. The van der Waals surface area contributed by atoms with Crippen LogP contribution in [0.15, 0.2) is 29.3 Å². The van der Waals surface area contributed by atoms with Crippen LogP contribution in [0.1, 0.15) is 12.1 Å². The lowest BCUT2D eigenvalue weighted by Crippen LogP contribution is -2.40. The van der Waals surface area contributed by atoms with E-state index in [4.69, 9.17) is 23.2 Å². The molecule has 0 radical (unpaired) electrons. The third-order valence-corrected chi connectivity index (χ3v) is 3.22. The number of carbonyl (C=O) groups is 2. The maximum absolute atomic E-state index is 11.3. The van der Waals surface area contributed by atoms with Gasteiger partial charge in [0.25, 0.3) is 0 Å². The minimum Gasteiger partial charge on any atom is -0.480 e. The fraction of sp³-hybridized carbons (Fsp3) is 0.167. The Labute approximate surface area is 123 Å². The molecule has 0 atom stereocenters. The molecule has 20 heavy (non-hydrogen) atoms. The Hall–Kier alpha value is -1.92. The fourth-order valence-electron chi connectivity index (χ4n) is 1.77. The van der Waals surface area contributed by atoms with Gasteiger partial charge in [-0.25, -0.2) is 9.98 Å². The molecule has 0 saturated carbocycles. The van der Waals surface area contributed by atoms with Gasteiger partial charge in [0.05, 0.1) is 11.4 Å². The van der Waals surface area contributed by atoms with Gasteiger partial charge in [0.15, 0.2) is 5.41 Å². The first-order valence-corrected chi connectivity index (χ1v) is 6.16. The van der Waals surface area contributed by atoms with Crippen LogP contribution < -0.4 is 0 Å². The zero-order chi connectivity index (χ0) is 14.9. The van der Waals surface area contributed by atoms with E-state index in [1.807, 2.05) is 0 Å². The van der Waals surface area contributed by atoms with Crippen molar-refractivity contribution in [2.75, 3.05) is 0 Å². The van der Waals surface area contributed by atoms with Crippen LogP contribution in [0.25, 0.3) is 5.70 Å². The highest BCUT2D eigenvalue weighted by Gasteiger charge is 2.48. The molecule has 0 aliphatic carbocycles. The number of nitrogens with zero attached hydrogens (tertiary/aromatic N) is 2. The molecular formula is C12H8Cl2N2O4. The van der Waals surface area contributed by atoms with Crippen molar-refractivity contribution in [3.8, 4) is 0 Å². The molecule has 1 aromatic heterocycles. The van der Waals surface area contributed by atoms with Gasteiger partial charge in [0.2, 0.25) is 0 Å². The summed E-state index contributed by atoms with van der Waals surface area (Å²) < 4.78 is 0. The molecule has 0 unspecified atom stereocenters. The van der Waals surface area contributed by atoms with E-state index in [0.29, 0.717) is 0 Å². The van der Waals surface area contributed by atoms with E-state index < -0.39 is 23.8 Å². The maximum atomic E-state index is 11.3. The van der Waals surface area contributed by atoms with E-state index in [2.05, 4.69) is 9.98 Å². The van der Waals surface area contributed by atoms with E-state index in [9.17, 15) is 19.8 Å². The van der Waals surface area contributed by atoms with Crippen molar-refractivity contribution in [3.05, 3.63) is 35.1 Å². The van der Waals surface area contributed by atoms with Crippen molar-refractivity contribution in [1.29, 1.82) is 0 Å². The minimum absolute atomic E-state index is 0.0635. The summed E-state index contributed by atoms with van der Waals surface area (Å²) in [5, 5.41) is 18.5. The molecule has 1 aliphatic heterocycles. The molecule has 8 heteroatoms. The average Bonchev–Trinajstić information content (AvgIpc) is 2.37. The summed E-state index contributed by atoms with van der Waals surface area (Å²) in [6.07, 6.45) is 0.617. The van der Waals surface area contributed by atoms with E-state index in [1.54, 1.807) is 6.07 Å². The fourth-order valence-corrected chi connectivity index (χ4v) is 2.23. The molecule has 0 fully saturated rings. The van der Waals surface area contributed by atoms with Crippen molar-refractivity contribution in [3.63, 3.8) is 0 Å². The first-order valence-electron chi connectivity index (χ1n) is 5.41. The number of pyridine rings is 1. The second-order valence-corrected chi connectivity index (χ2v) is 4.95. The Balaban J connectivity index is 2.59. The minimum atomic E-state index is -2.15. The number of aliphatic imine (C=N–C) groups is 1. The number of halogens is 2. The summed E-state index contributed by atoms with van der Waals surface area (Å²) in [4.78, 5) is 30.6. The lowest BCUT2D eigenvalue weighted by Gasteiger charge is -2.24. The van der Waals surface area contributed by atoms with Gasteiger partial charge in [-0.3, -0.25) is 9.59 Å². The largest absolute Gasteiger partial charge is 0.480 e. The number of rotatable bonds is 3.